The van der Waals surface area contributed by atoms with Crippen molar-refractivity contribution in [3.05, 3.63) is 34.0 Å². The van der Waals surface area contributed by atoms with Crippen LogP contribution in [-0.4, -0.2) is 46.0 Å². The van der Waals surface area contributed by atoms with Gasteiger partial charge in [0.15, 0.2) is 0 Å². The van der Waals surface area contributed by atoms with Gasteiger partial charge < -0.3 is 4.90 Å². The third-order valence-electron chi connectivity index (χ3n) is 4.09. The fourth-order valence-corrected chi connectivity index (χ4v) is 3.65. The quantitative estimate of drug-likeness (QED) is 0.853. The predicted octanol–water partition coefficient (Wildman–Crippen LogP) is 2.42. The van der Waals surface area contributed by atoms with E-state index in [1.807, 2.05) is 0 Å². The van der Waals surface area contributed by atoms with E-state index in [0.29, 0.717) is 11.6 Å². The maximum Gasteiger partial charge on any atom is 0.226 e. The lowest BCUT2D eigenvalue weighted by atomic mass is 9.93. The number of anilines is 1. The van der Waals surface area contributed by atoms with Crippen molar-refractivity contribution in [2.75, 3.05) is 31.1 Å². The predicted molar refractivity (Wildman–Crippen MR) is 95.1 cm³/mol. The smallest absolute Gasteiger partial charge is 0.226 e. The molecule has 0 atom stereocenters. The molecule has 0 aliphatic carbocycles. The van der Waals surface area contributed by atoms with Crippen LogP contribution in [0.25, 0.3) is 0 Å². The van der Waals surface area contributed by atoms with Crippen LogP contribution < -0.4 is 4.90 Å². The van der Waals surface area contributed by atoms with Gasteiger partial charge in [-0.25, -0.2) is 15.0 Å². The van der Waals surface area contributed by atoms with E-state index in [-0.39, 0.29) is 5.41 Å². The summed E-state index contributed by atoms with van der Waals surface area (Å²) in [7, 11) is 0. The van der Waals surface area contributed by atoms with E-state index in [9.17, 15) is 0 Å². The van der Waals surface area contributed by atoms with Crippen LogP contribution in [0.2, 0.25) is 0 Å². The number of rotatable bonds is 3. The van der Waals surface area contributed by atoms with Gasteiger partial charge in [0.05, 0.1) is 12.2 Å². The summed E-state index contributed by atoms with van der Waals surface area (Å²) in [4.78, 5) is 17.9. The third-order valence-corrected chi connectivity index (χ3v) is 4.93. The summed E-state index contributed by atoms with van der Waals surface area (Å²) in [6.45, 7) is 11.1. The van der Waals surface area contributed by atoms with Gasteiger partial charge in [-0.15, -0.1) is 11.3 Å². The van der Waals surface area contributed by atoms with Crippen molar-refractivity contribution in [2.24, 2.45) is 0 Å². The lowest BCUT2D eigenvalue weighted by Crippen LogP contribution is -2.46. The molecule has 2 aromatic heterocycles. The number of thiazole rings is 1. The van der Waals surface area contributed by atoms with Crippen molar-refractivity contribution in [2.45, 2.75) is 32.7 Å². The Bertz CT molecular complexity index is 734. The van der Waals surface area contributed by atoms with Gasteiger partial charge in [-0.1, -0.05) is 20.8 Å². The molecule has 0 N–H and O–H groups in total. The van der Waals surface area contributed by atoms with Crippen molar-refractivity contribution in [3.8, 4) is 6.07 Å². The first-order valence-electron chi connectivity index (χ1n) is 8.11. The molecule has 0 spiro atoms. The van der Waals surface area contributed by atoms with E-state index < -0.39 is 0 Å². The van der Waals surface area contributed by atoms with Gasteiger partial charge in [-0.05, 0) is 6.07 Å². The number of aromatic nitrogens is 3. The highest BCUT2D eigenvalue weighted by molar-refractivity contribution is 7.09. The minimum Gasteiger partial charge on any atom is -0.338 e. The minimum absolute atomic E-state index is 0.108. The summed E-state index contributed by atoms with van der Waals surface area (Å²) >= 11 is 1.75. The Kier molecular flexibility index (Phi) is 4.78. The molecule has 0 saturated carbocycles. The van der Waals surface area contributed by atoms with Gasteiger partial charge in [0.2, 0.25) is 5.95 Å². The molecule has 3 rings (SSSR count). The molecule has 1 saturated heterocycles. The highest BCUT2D eigenvalue weighted by atomic mass is 32.1. The number of piperazine rings is 1. The van der Waals surface area contributed by atoms with E-state index in [2.05, 4.69) is 52.0 Å². The first kappa shape index (κ1) is 16.8. The van der Waals surface area contributed by atoms with Gasteiger partial charge in [0, 0.05) is 43.2 Å². The largest absolute Gasteiger partial charge is 0.338 e. The number of hydrogen-bond acceptors (Lipinski definition) is 7. The van der Waals surface area contributed by atoms with Crippen molar-refractivity contribution in [3.63, 3.8) is 0 Å². The number of nitrogens with zero attached hydrogens (tertiary/aromatic N) is 6. The molecule has 0 bridgehead atoms. The van der Waals surface area contributed by atoms with Crippen LogP contribution in [0.15, 0.2) is 17.6 Å². The Labute approximate surface area is 146 Å². The summed E-state index contributed by atoms with van der Waals surface area (Å²) in [5.74, 6) is 0.651. The van der Waals surface area contributed by atoms with Crippen LogP contribution in [0.1, 0.15) is 37.2 Å². The zero-order valence-corrected chi connectivity index (χ0v) is 15.2. The second-order valence-electron chi connectivity index (χ2n) is 6.99. The highest BCUT2D eigenvalue weighted by Gasteiger charge is 2.22. The summed E-state index contributed by atoms with van der Waals surface area (Å²) in [5, 5.41) is 12.3. The standard InChI is InChI=1S/C17H22N6S/c1-17(2,3)14-12-24-15(21-14)11-22-6-8-23(9-7-22)16-19-5-4-13(10-18)20-16/h4-5,12H,6-9,11H2,1-3H3. The first-order chi connectivity index (χ1) is 11.5. The Balaban J connectivity index is 1.57. The van der Waals surface area contributed by atoms with Gasteiger partial charge in [-0.2, -0.15) is 5.26 Å². The number of nitriles is 1. The molecule has 0 aromatic carbocycles. The fourth-order valence-electron chi connectivity index (χ4n) is 2.59. The lowest BCUT2D eigenvalue weighted by molar-refractivity contribution is 0.248. The lowest BCUT2D eigenvalue weighted by Gasteiger charge is -2.34. The monoisotopic (exact) mass is 342 g/mol. The summed E-state index contributed by atoms with van der Waals surface area (Å²) in [6.07, 6.45) is 1.65. The SMILES string of the molecule is CC(C)(C)c1csc(CN2CCN(c3nccc(C#N)n3)CC2)n1. The molecule has 3 heterocycles. The van der Waals surface area contributed by atoms with Crippen molar-refractivity contribution < 1.29 is 0 Å². The molecule has 1 fully saturated rings. The van der Waals surface area contributed by atoms with Crippen LogP contribution in [0.3, 0.4) is 0 Å². The van der Waals surface area contributed by atoms with E-state index >= 15 is 0 Å². The van der Waals surface area contributed by atoms with Crippen LogP contribution in [0, 0.1) is 11.3 Å². The fraction of sp³-hybridized carbons (Fsp3) is 0.529. The van der Waals surface area contributed by atoms with Crippen LogP contribution in [-0.2, 0) is 12.0 Å². The maximum atomic E-state index is 8.95. The van der Waals surface area contributed by atoms with Gasteiger partial charge in [0.25, 0.3) is 0 Å². The molecule has 1 aliphatic rings. The van der Waals surface area contributed by atoms with E-state index in [4.69, 9.17) is 10.2 Å². The molecular formula is C17H22N6S. The Hall–Kier alpha value is -2.04. The van der Waals surface area contributed by atoms with Crippen molar-refractivity contribution in [1.29, 1.82) is 5.26 Å². The van der Waals surface area contributed by atoms with Gasteiger partial charge in [-0.3, -0.25) is 4.90 Å². The minimum atomic E-state index is 0.108. The molecule has 24 heavy (non-hydrogen) atoms. The molecular weight excluding hydrogens is 320 g/mol. The van der Waals surface area contributed by atoms with E-state index in [0.717, 1.165) is 32.7 Å². The Morgan fingerprint density at radius 2 is 1.96 bits per heavy atom. The highest BCUT2D eigenvalue weighted by Crippen LogP contribution is 2.24. The summed E-state index contributed by atoms with van der Waals surface area (Å²) in [5.41, 5.74) is 1.69. The molecule has 6 nitrogen and oxygen atoms in total. The maximum absolute atomic E-state index is 8.95. The number of hydrogen-bond donors (Lipinski definition) is 0. The van der Waals surface area contributed by atoms with Crippen molar-refractivity contribution in [1.82, 2.24) is 19.9 Å². The normalized spacial score (nSPS) is 16.2. The first-order valence-corrected chi connectivity index (χ1v) is 8.99. The topological polar surface area (TPSA) is 68.9 Å². The average molecular weight is 342 g/mol. The van der Waals surface area contributed by atoms with Crippen LogP contribution in [0.5, 0.6) is 0 Å². The van der Waals surface area contributed by atoms with Gasteiger partial charge in [0.1, 0.15) is 16.8 Å². The van der Waals surface area contributed by atoms with Crippen LogP contribution in [0.4, 0.5) is 5.95 Å². The second-order valence-corrected chi connectivity index (χ2v) is 7.94. The molecule has 1 aliphatic heterocycles. The second kappa shape index (κ2) is 6.83. The summed E-state index contributed by atoms with van der Waals surface area (Å²) in [6, 6.07) is 3.70. The molecule has 126 valence electrons. The molecule has 0 unspecified atom stereocenters. The van der Waals surface area contributed by atoms with Crippen LogP contribution >= 0.6 is 11.3 Å². The van der Waals surface area contributed by atoms with E-state index in [1.165, 1.54) is 10.7 Å². The van der Waals surface area contributed by atoms with Crippen molar-refractivity contribution >= 4 is 17.3 Å². The zero-order chi connectivity index (χ0) is 17.2. The third kappa shape index (κ3) is 3.89. The zero-order valence-electron chi connectivity index (χ0n) is 14.4. The van der Waals surface area contributed by atoms with E-state index in [1.54, 1.807) is 23.6 Å². The molecule has 2 aromatic rings. The van der Waals surface area contributed by atoms with Gasteiger partial charge >= 0.3 is 0 Å². The molecule has 7 heteroatoms. The summed E-state index contributed by atoms with van der Waals surface area (Å²) < 4.78 is 0. The molecule has 0 radical (unpaired) electrons. The Morgan fingerprint density at radius 1 is 1.21 bits per heavy atom. The Morgan fingerprint density at radius 3 is 2.58 bits per heavy atom. The average Bonchev–Trinajstić information content (AvgIpc) is 3.04. The molecule has 0 amide bonds.